The van der Waals surface area contributed by atoms with Gasteiger partial charge in [-0.3, -0.25) is 9.89 Å². The van der Waals surface area contributed by atoms with Gasteiger partial charge in [-0.05, 0) is 50.0 Å². The number of likely N-dealkylation sites (tertiary alicyclic amines) is 1. The van der Waals surface area contributed by atoms with Crippen LogP contribution in [0.4, 0.5) is 0 Å². The van der Waals surface area contributed by atoms with E-state index in [1.165, 1.54) is 18.4 Å². The van der Waals surface area contributed by atoms with Crippen LogP contribution in [0.15, 0.2) is 70.6 Å². The minimum Gasteiger partial charge on any atom is -0.356 e. The minimum atomic E-state index is -3.24. The second kappa shape index (κ2) is 11.1. The van der Waals surface area contributed by atoms with Crippen LogP contribution in [0.3, 0.4) is 0 Å². The van der Waals surface area contributed by atoms with Gasteiger partial charge >= 0.3 is 0 Å². The predicted molar refractivity (Wildman–Crippen MR) is 122 cm³/mol. The molecule has 7 heteroatoms. The second-order valence-corrected chi connectivity index (χ2v) is 9.64. The van der Waals surface area contributed by atoms with Crippen LogP contribution < -0.4 is 10.6 Å². The van der Waals surface area contributed by atoms with Crippen LogP contribution in [0, 0.1) is 0 Å². The molecule has 0 aromatic heterocycles. The molecule has 0 amide bonds. The molecule has 1 unspecified atom stereocenters. The van der Waals surface area contributed by atoms with Crippen LogP contribution in [-0.2, 0) is 9.84 Å². The van der Waals surface area contributed by atoms with Crippen molar-refractivity contribution in [2.75, 3.05) is 39.0 Å². The smallest absolute Gasteiger partial charge is 0.191 e. The van der Waals surface area contributed by atoms with Crippen molar-refractivity contribution < 1.29 is 8.42 Å². The van der Waals surface area contributed by atoms with E-state index >= 15 is 0 Å². The van der Waals surface area contributed by atoms with Crippen molar-refractivity contribution in [2.45, 2.75) is 30.2 Å². The molecule has 3 rings (SSSR count). The highest BCUT2D eigenvalue weighted by Crippen LogP contribution is 2.24. The minimum absolute atomic E-state index is 0.113. The Bertz CT molecular complexity index is 895. The molecule has 2 aromatic carbocycles. The van der Waals surface area contributed by atoms with E-state index in [9.17, 15) is 8.42 Å². The Labute approximate surface area is 180 Å². The molecular weight excluding hydrogens is 396 g/mol. The van der Waals surface area contributed by atoms with Crippen LogP contribution in [-0.4, -0.2) is 58.3 Å². The quantitative estimate of drug-likeness (QED) is 0.365. The maximum Gasteiger partial charge on any atom is 0.191 e. The van der Waals surface area contributed by atoms with Gasteiger partial charge in [-0.1, -0.05) is 48.5 Å². The van der Waals surface area contributed by atoms with E-state index in [-0.39, 0.29) is 5.75 Å². The lowest BCUT2D eigenvalue weighted by molar-refractivity contribution is 0.245. The first-order valence-electron chi connectivity index (χ1n) is 10.6. The number of aliphatic imine (C=N–C) groups is 1. The third kappa shape index (κ3) is 6.31. The largest absolute Gasteiger partial charge is 0.356 e. The highest BCUT2D eigenvalue weighted by molar-refractivity contribution is 7.91. The van der Waals surface area contributed by atoms with Crippen LogP contribution >= 0.6 is 0 Å². The first-order chi connectivity index (χ1) is 14.6. The maximum atomic E-state index is 12.4. The highest BCUT2D eigenvalue weighted by atomic mass is 32.2. The van der Waals surface area contributed by atoms with Gasteiger partial charge in [0.1, 0.15) is 0 Å². The summed E-state index contributed by atoms with van der Waals surface area (Å²) in [5.41, 5.74) is 1.30. The molecule has 162 valence electrons. The number of nitrogens with one attached hydrogen (secondary N) is 2. The molecule has 1 aliphatic heterocycles. The predicted octanol–water partition coefficient (Wildman–Crippen LogP) is 2.85. The van der Waals surface area contributed by atoms with Gasteiger partial charge in [0.15, 0.2) is 15.8 Å². The molecule has 6 nitrogen and oxygen atoms in total. The van der Waals surface area contributed by atoms with Crippen molar-refractivity contribution in [3.8, 4) is 0 Å². The summed E-state index contributed by atoms with van der Waals surface area (Å²) in [7, 11) is -1.51. The summed E-state index contributed by atoms with van der Waals surface area (Å²) in [6, 6.07) is 19.5. The molecular formula is C23H32N4O2S. The summed E-state index contributed by atoms with van der Waals surface area (Å²) in [5.74, 6) is 0.814. The van der Waals surface area contributed by atoms with E-state index in [1.807, 2.05) is 12.1 Å². The van der Waals surface area contributed by atoms with Gasteiger partial charge in [0.2, 0.25) is 0 Å². The van der Waals surface area contributed by atoms with Gasteiger partial charge in [0, 0.05) is 20.1 Å². The van der Waals surface area contributed by atoms with Crippen LogP contribution in [0.25, 0.3) is 0 Å². The van der Waals surface area contributed by atoms with E-state index < -0.39 is 9.84 Å². The Kier molecular flexibility index (Phi) is 8.28. The number of benzene rings is 2. The molecule has 1 fully saturated rings. The molecule has 0 saturated carbocycles. The number of sulfone groups is 1. The van der Waals surface area contributed by atoms with E-state index in [4.69, 9.17) is 0 Å². The summed E-state index contributed by atoms with van der Waals surface area (Å²) in [6.45, 7) is 3.53. The molecule has 2 N–H and O–H groups in total. The molecule has 0 aliphatic carbocycles. The molecule has 30 heavy (non-hydrogen) atoms. The van der Waals surface area contributed by atoms with Gasteiger partial charge in [-0.25, -0.2) is 8.42 Å². The van der Waals surface area contributed by atoms with Gasteiger partial charge < -0.3 is 10.6 Å². The fourth-order valence-corrected chi connectivity index (χ4v) is 5.15. The molecule has 0 spiro atoms. The SMILES string of the molecule is CN=C(NCCCS(=O)(=O)c1ccccc1)NCC(c1ccccc1)N1CCCC1. The van der Waals surface area contributed by atoms with E-state index in [0.29, 0.717) is 29.9 Å². The van der Waals surface area contributed by atoms with Crippen molar-refractivity contribution >= 4 is 15.8 Å². The van der Waals surface area contributed by atoms with Crippen LogP contribution in [0.5, 0.6) is 0 Å². The molecule has 1 aliphatic rings. The van der Waals surface area contributed by atoms with E-state index in [2.05, 4.69) is 44.8 Å². The molecule has 1 heterocycles. The fraction of sp³-hybridized carbons (Fsp3) is 0.435. The van der Waals surface area contributed by atoms with E-state index in [1.54, 1.807) is 31.3 Å². The van der Waals surface area contributed by atoms with Crippen molar-refractivity contribution in [2.24, 2.45) is 4.99 Å². The average Bonchev–Trinajstić information content (AvgIpc) is 3.31. The number of hydrogen-bond acceptors (Lipinski definition) is 4. The van der Waals surface area contributed by atoms with Crippen LogP contribution in [0.2, 0.25) is 0 Å². The number of rotatable bonds is 9. The fourth-order valence-electron chi connectivity index (χ4n) is 3.81. The topological polar surface area (TPSA) is 73.8 Å². The second-order valence-electron chi connectivity index (χ2n) is 7.53. The normalized spacial score (nSPS) is 16.4. The molecule has 1 saturated heterocycles. The molecule has 1 atom stereocenters. The number of hydrogen-bond donors (Lipinski definition) is 2. The lowest BCUT2D eigenvalue weighted by atomic mass is 10.1. The van der Waals surface area contributed by atoms with E-state index in [0.717, 1.165) is 19.6 Å². The Balaban J connectivity index is 1.49. The zero-order valence-electron chi connectivity index (χ0n) is 17.6. The van der Waals surface area contributed by atoms with Gasteiger partial charge in [0.25, 0.3) is 0 Å². The standard InChI is InChI=1S/C23H32N4O2S/c1-24-23(25-15-10-18-30(28,29)21-13-6-3-7-14-21)26-19-22(27-16-8-9-17-27)20-11-4-2-5-12-20/h2-7,11-14,22H,8-10,15-19H2,1H3,(H2,24,25,26). The van der Waals surface area contributed by atoms with Crippen molar-refractivity contribution in [1.82, 2.24) is 15.5 Å². The number of guanidine groups is 1. The Morgan fingerprint density at radius 2 is 1.63 bits per heavy atom. The zero-order chi connectivity index (χ0) is 21.2. The summed E-state index contributed by atoms with van der Waals surface area (Å²) in [5, 5.41) is 6.67. The third-order valence-corrected chi connectivity index (χ3v) is 7.25. The van der Waals surface area contributed by atoms with Gasteiger partial charge in [0.05, 0.1) is 16.7 Å². The van der Waals surface area contributed by atoms with Gasteiger partial charge in [-0.2, -0.15) is 0 Å². The molecule has 0 bridgehead atoms. The summed E-state index contributed by atoms with van der Waals surface area (Å²) in [4.78, 5) is 7.19. The van der Waals surface area contributed by atoms with Gasteiger partial charge in [-0.15, -0.1) is 0 Å². The first kappa shape index (κ1) is 22.3. The maximum absolute atomic E-state index is 12.4. The highest BCUT2D eigenvalue weighted by Gasteiger charge is 2.23. The first-order valence-corrected chi connectivity index (χ1v) is 12.3. The Hall–Kier alpha value is -2.38. The summed E-state index contributed by atoms with van der Waals surface area (Å²) < 4.78 is 24.8. The third-order valence-electron chi connectivity index (χ3n) is 5.44. The Morgan fingerprint density at radius 3 is 2.27 bits per heavy atom. The molecule has 2 aromatic rings. The monoisotopic (exact) mass is 428 g/mol. The lowest BCUT2D eigenvalue weighted by Gasteiger charge is -2.29. The number of nitrogens with zero attached hydrogens (tertiary/aromatic N) is 2. The Morgan fingerprint density at radius 1 is 1.00 bits per heavy atom. The zero-order valence-corrected chi connectivity index (χ0v) is 18.4. The summed E-state index contributed by atoms with van der Waals surface area (Å²) in [6.07, 6.45) is 3.00. The van der Waals surface area contributed by atoms with Crippen LogP contribution in [0.1, 0.15) is 30.9 Å². The van der Waals surface area contributed by atoms with Crippen molar-refractivity contribution in [3.05, 3.63) is 66.2 Å². The summed E-state index contributed by atoms with van der Waals surface area (Å²) >= 11 is 0. The van der Waals surface area contributed by atoms with Crippen molar-refractivity contribution in [1.29, 1.82) is 0 Å². The van der Waals surface area contributed by atoms with Crippen molar-refractivity contribution in [3.63, 3.8) is 0 Å². The molecule has 0 radical (unpaired) electrons. The lowest BCUT2D eigenvalue weighted by Crippen LogP contribution is -2.43. The average molecular weight is 429 g/mol.